The first kappa shape index (κ1) is 22.1. The summed E-state index contributed by atoms with van der Waals surface area (Å²) < 4.78 is 2.23. The number of carbonyl (C=O) groups is 1. The maximum Gasteiger partial charge on any atom is 0.274 e. The molecule has 33 heavy (non-hydrogen) atoms. The Morgan fingerprint density at radius 1 is 1.15 bits per heavy atom. The molecular weight excluding hydrogens is 452 g/mol. The van der Waals surface area contributed by atoms with E-state index in [2.05, 4.69) is 23.4 Å². The molecule has 0 bridgehead atoms. The van der Waals surface area contributed by atoms with Crippen LogP contribution in [0.5, 0.6) is 0 Å². The molecule has 4 aromatic rings. The zero-order valence-electron chi connectivity index (χ0n) is 19.4. The molecule has 1 amide bonds. The van der Waals surface area contributed by atoms with Crippen LogP contribution in [0.4, 0.5) is 0 Å². The molecule has 5 nitrogen and oxygen atoms in total. The van der Waals surface area contributed by atoms with Crippen LogP contribution >= 0.6 is 22.9 Å². The minimum atomic E-state index is -0.517. The number of hydrogen-bond acceptors (Lipinski definition) is 4. The second kappa shape index (κ2) is 8.26. The summed E-state index contributed by atoms with van der Waals surface area (Å²) >= 11 is 8.02. The molecule has 1 aliphatic rings. The Hall–Kier alpha value is -2.70. The minimum Gasteiger partial charge on any atom is -0.326 e. The molecule has 3 heterocycles. The third-order valence-corrected chi connectivity index (χ3v) is 8.18. The van der Waals surface area contributed by atoms with Crippen molar-refractivity contribution in [3.8, 4) is 10.4 Å². The van der Waals surface area contributed by atoms with Crippen LogP contribution in [0.1, 0.15) is 53.6 Å². The van der Waals surface area contributed by atoms with Gasteiger partial charge >= 0.3 is 0 Å². The molecule has 170 valence electrons. The maximum atomic E-state index is 14.0. The number of carbonyl (C=O) groups excluding carboxylic acids is 1. The van der Waals surface area contributed by atoms with Gasteiger partial charge in [-0.05, 0) is 63.8 Å². The predicted octanol–water partition coefficient (Wildman–Crippen LogP) is 6.60. The van der Waals surface area contributed by atoms with Gasteiger partial charge in [-0.1, -0.05) is 41.9 Å². The fraction of sp³-hybridized carbons (Fsp3) is 0.346. The summed E-state index contributed by atoms with van der Waals surface area (Å²) in [6.45, 7) is 9.70. The highest BCUT2D eigenvalue weighted by Gasteiger charge is 2.46. The number of halogens is 1. The summed E-state index contributed by atoms with van der Waals surface area (Å²) in [4.78, 5) is 26.6. The Morgan fingerprint density at radius 3 is 2.64 bits per heavy atom. The molecule has 1 saturated heterocycles. The molecule has 0 N–H and O–H groups in total. The quantitative estimate of drug-likeness (QED) is 0.332. The largest absolute Gasteiger partial charge is 0.326 e. The topological polar surface area (TPSA) is 51.0 Å². The Balaban J connectivity index is 1.62. The van der Waals surface area contributed by atoms with E-state index in [0.717, 1.165) is 62.3 Å². The fourth-order valence-electron chi connectivity index (χ4n) is 5.10. The molecule has 0 aliphatic carbocycles. The molecule has 0 spiro atoms. The van der Waals surface area contributed by atoms with E-state index in [1.54, 1.807) is 11.3 Å². The van der Waals surface area contributed by atoms with Crippen molar-refractivity contribution in [3.63, 3.8) is 0 Å². The number of likely N-dealkylation sites (tertiary alicyclic amines) is 1. The van der Waals surface area contributed by atoms with Gasteiger partial charge in [0.25, 0.3) is 5.91 Å². The second-order valence-electron chi connectivity index (χ2n) is 8.83. The number of aryl methyl sites for hydroxylation is 3. The highest BCUT2D eigenvalue weighted by molar-refractivity contribution is 7.15. The van der Waals surface area contributed by atoms with E-state index in [4.69, 9.17) is 16.6 Å². The van der Waals surface area contributed by atoms with Gasteiger partial charge < -0.3 is 9.47 Å². The lowest BCUT2D eigenvalue weighted by Gasteiger charge is -2.35. The molecule has 0 saturated carbocycles. The Morgan fingerprint density at radius 2 is 1.91 bits per heavy atom. The summed E-state index contributed by atoms with van der Waals surface area (Å²) in [5, 5.41) is 1.63. The summed E-state index contributed by atoms with van der Waals surface area (Å²) in [6, 6.07) is 13.9. The first-order chi connectivity index (χ1) is 15.8. The van der Waals surface area contributed by atoms with Crippen molar-refractivity contribution in [2.45, 2.75) is 52.6 Å². The number of imidazole rings is 1. The summed E-state index contributed by atoms with van der Waals surface area (Å²) in [5.41, 5.74) is 4.04. The lowest BCUT2D eigenvalue weighted by molar-refractivity contribution is 0.0594. The number of hydrogen-bond donors (Lipinski definition) is 0. The monoisotopic (exact) mass is 478 g/mol. The number of thiazole rings is 1. The Kier molecular flexibility index (Phi) is 5.53. The molecule has 1 aliphatic heterocycles. The van der Waals surface area contributed by atoms with E-state index >= 15 is 0 Å². The number of benzene rings is 2. The number of rotatable bonds is 4. The maximum absolute atomic E-state index is 14.0. The van der Waals surface area contributed by atoms with E-state index in [0.29, 0.717) is 12.2 Å². The van der Waals surface area contributed by atoms with Crippen LogP contribution in [0.15, 0.2) is 42.5 Å². The zero-order valence-corrected chi connectivity index (χ0v) is 20.9. The normalized spacial score (nSPS) is 18.4. The van der Waals surface area contributed by atoms with Gasteiger partial charge in [0, 0.05) is 18.1 Å². The average molecular weight is 479 g/mol. The number of amides is 1. The SMILES string of the molecule is CCn1c(C2(C)CCCN2C(=O)c2nc(C)sc2-c2ccccc2)nc2ccc(Cl)c(C)c21. The zero-order chi connectivity index (χ0) is 23.3. The van der Waals surface area contributed by atoms with Gasteiger partial charge in [-0.3, -0.25) is 4.79 Å². The van der Waals surface area contributed by atoms with Crippen LogP contribution in [0.3, 0.4) is 0 Å². The minimum absolute atomic E-state index is 0.0253. The second-order valence-corrected chi connectivity index (χ2v) is 10.4. The Labute approximate surface area is 203 Å². The first-order valence-electron chi connectivity index (χ1n) is 11.4. The van der Waals surface area contributed by atoms with Crippen LogP contribution in [0, 0.1) is 13.8 Å². The third-order valence-electron chi connectivity index (χ3n) is 6.75. The average Bonchev–Trinajstić information content (AvgIpc) is 3.51. The molecule has 2 aromatic carbocycles. The Bertz CT molecular complexity index is 1360. The van der Waals surface area contributed by atoms with E-state index in [1.807, 2.05) is 61.2 Å². The molecule has 1 fully saturated rings. The summed E-state index contributed by atoms with van der Waals surface area (Å²) in [5.74, 6) is 0.895. The highest BCUT2D eigenvalue weighted by atomic mass is 35.5. The van der Waals surface area contributed by atoms with Gasteiger partial charge in [-0.25, -0.2) is 9.97 Å². The van der Waals surface area contributed by atoms with Gasteiger partial charge in [-0.2, -0.15) is 0 Å². The predicted molar refractivity (Wildman–Crippen MR) is 135 cm³/mol. The highest BCUT2D eigenvalue weighted by Crippen LogP contribution is 2.42. The molecular formula is C26H27ClN4OS. The smallest absolute Gasteiger partial charge is 0.274 e. The van der Waals surface area contributed by atoms with Gasteiger partial charge in [0.15, 0.2) is 0 Å². The van der Waals surface area contributed by atoms with Crippen molar-refractivity contribution in [1.82, 2.24) is 19.4 Å². The van der Waals surface area contributed by atoms with Crippen LogP contribution in [-0.2, 0) is 12.1 Å². The van der Waals surface area contributed by atoms with Gasteiger partial charge in [0.1, 0.15) is 11.5 Å². The number of fused-ring (bicyclic) bond motifs is 1. The summed E-state index contributed by atoms with van der Waals surface area (Å²) in [6.07, 6.45) is 1.79. The van der Waals surface area contributed by atoms with Gasteiger partial charge in [0.05, 0.1) is 26.5 Å². The van der Waals surface area contributed by atoms with E-state index in [-0.39, 0.29) is 5.91 Å². The standard InChI is InChI=1S/C26H27ClN4OS/c1-5-30-22-16(2)19(27)12-13-20(22)29-25(30)26(4)14-9-15-31(26)24(32)21-23(33-17(3)28-21)18-10-7-6-8-11-18/h6-8,10-13H,5,9,14-15H2,1-4H3. The van der Waals surface area contributed by atoms with Crippen LogP contribution in [-0.4, -0.2) is 31.9 Å². The van der Waals surface area contributed by atoms with Crippen molar-refractivity contribution < 1.29 is 4.79 Å². The fourth-order valence-corrected chi connectivity index (χ4v) is 6.17. The van der Waals surface area contributed by atoms with E-state index in [9.17, 15) is 4.79 Å². The summed E-state index contributed by atoms with van der Waals surface area (Å²) in [7, 11) is 0. The molecule has 7 heteroatoms. The molecule has 2 aromatic heterocycles. The van der Waals surface area contributed by atoms with Crippen LogP contribution < -0.4 is 0 Å². The lowest BCUT2D eigenvalue weighted by atomic mass is 9.97. The van der Waals surface area contributed by atoms with E-state index in [1.165, 1.54) is 0 Å². The van der Waals surface area contributed by atoms with Crippen molar-refractivity contribution >= 4 is 39.9 Å². The molecule has 5 rings (SSSR count). The number of nitrogens with zero attached hydrogens (tertiary/aromatic N) is 4. The lowest BCUT2D eigenvalue weighted by Crippen LogP contribution is -2.45. The van der Waals surface area contributed by atoms with Gasteiger partial charge in [0.2, 0.25) is 0 Å². The van der Waals surface area contributed by atoms with Crippen molar-refractivity contribution in [2.75, 3.05) is 6.54 Å². The molecule has 1 atom stereocenters. The molecule has 0 radical (unpaired) electrons. The van der Waals surface area contributed by atoms with Crippen LogP contribution in [0.2, 0.25) is 5.02 Å². The third kappa shape index (κ3) is 3.47. The van der Waals surface area contributed by atoms with Gasteiger partial charge in [-0.15, -0.1) is 11.3 Å². The van der Waals surface area contributed by atoms with Crippen LogP contribution in [0.25, 0.3) is 21.5 Å². The first-order valence-corrected chi connectivity index (χ1v) is 12.5. The van der Waals surface area contributed by atoms with Crippen molar-refractivity contribution in [3.05, 3.63) is 69.6 Å². The van der Waals surface area contributed by atoms with Crippen molar-refractivity contribution in [2.24, 2.45) is 0 Å². The number of aromatic nitrogens is 3. The molecule has 1 unspecified atom stereocenters. The van der Waals surface area contributed by atoms with Crippen molar-refractivity contribution in [1.29, 1.82) is 0 Å². The van der Waals surface area contributed by atoms with E-state index < -0.39 is 5.54 Å².